The van der Waals surface area contributed by atoms with Crippen LogP contribution in [0.4, 0.5) is 9.18 Å². The normalized spacial score (nSPS) is 16.2. The van der Waals surface area contributed by atoms with Crippen molar-refractivity contribution in [2.24, 2.45) is 5.92 Å². The molecule has 1 atom stereocenters. The number of methoxy groups -OCH3 is 1. The number of benzene rings is 1. The summed E-state index contributed by atoms with van der Waals surface area (Å²) in [5.74, 6) is -0.356. The number of carboxylic acid groups (broad SMARTS) is 1. The Hall–Kier alpha value is -2.94. The molecular formula is C21H22FN3O4S. The maximum atomic E-state index is 14.0. The Morgan fingerprint density at radius 1 is 1.40 bits per heavy atom. The van der Waals surface area contributed by atoms with E-state index in [1.54, 1.807) is 0 Å². The summed E-state index contributed by atoms with van der Waals surface area (Å²) in [6.07, 6.45) is 0.453. The van der Waals surface area contributed by atoms with Gasteiger partial charge in [0, 0.05) is 11.4 Å². The van der Waals surface area contributed by atoms with E-state index in [-0.39, 0.29) is 11.6 Å². The Morgan fingerprint density at radius 2 is 2.17 bits per heavy atom. The first-order valence-electron chi connectivity index (χ1n) is 9.68. The van der Waals surface area contributed by atoms with Gasteiger partial charge in [-0.05, 0) is 42.5 Å². The van der Waals surface area contributed by atoms with Gasteiger partial charge in [0.05, 0.1) is 29.1 Å². The predicted octanol–water partition coefficient (Wildman–Crippen LogP) is 4.84. The van der Waals surface area contributed by atoms with E-state index in [1.807, 2.05) is 6.07 Å². The second-order valence-corrected chi connectivity index (χ2v) is 8.88. The van der Waals surface area contributed by atoms with Gasteiger partial charge in [0.1, 0.15) is 17.2 Å². The number of nitrogens with zero attached hydrogens (tertiary/aromatic N) is 2. The Labute approximate surface area is 176 Å². The molecule has 1 amide bonds. The van der Waals surface area contributed by atoms with Gasteiger partial charge >= 0.3 is 12.1 Å². The molecule has 3 heterocycles. The number of esters is 1. The van der Waals surface area contributed by atoms with Crippen LogP contribution in [0.15, 0.2) is 18.2 Å². The number of nitrogens with one attached hydrogen (secondary N) is 1. The van der Waals surface area contributed by atoms with Crippen molar-refractivity contribution in [1.29, 1.82) is 0 Å². The number of H-pyrrole nitrogens is 1. The van der Waals surface area contributed by atoms with E-state index in [0.717, 1.165) is 27.8 Å². The van der Waals surface area contributed by atoms with Gasteiger partial charge in [-0.2, -0.15) is 0 Å². The van der Waals surface area contributed by atoms with Crippen LogP contribution >= 0.6 is 11.3 Å². The molecule has 0 saturated heterocycles. The third-order valence-corrected chi connectivity index (χ3v) is 6.56. The van der Waals surface area contributed by atoms with Crippen molar-refractivity contribution in [2.45, 2.75) is 32.7 Å². The summed E-state index contributed by atoms with van der Waals surface area (Å²) in [6, 6.07) is 4.22. The van der Waals surface area contributed by atoms with Gasteiger partial charge in [0.2, 0.25) is 0 Å². The summed E-state index contributed by atoms with van der Waals surface area (Å²) in [4.78, 5) is 34.8. The number of aromatic nitrogens is 2. The van der Waals surface area contributed by atoms with Crippen LogP contribution in [0.25, 0.3) is 21.7 Å². The Kier molecular flexibility index (Phi) is 5.23. The summed E-state index contributed by atoms with van der Waals surface area (Å²) in [5.41, 5.74) is 1.92. The zero-order chi connectivity index (χ0) is 21.6. The van der Waals surface area contributed by atoms with Crippen molar-refractivity contribution < 1.29 is 23.8 Å². The van der Waals surface area contributed by atoms with E-state index in [2.05, 4.69) is 23.8 Å². The minimum atomic E-state index is -0.914. The summed E-state index contributed by atoms with van der Waals surface area (Å²) >= 11 is 1.49. The average molecular weight is 431 g/mol. The molecule has 2 aromatic heterocycles. The number of carbonyl (C=O) groups is 2. The van der Waals surface area contributed by atoms with E-state index >= 15 is 0 Å². The zero-order valence-electron chi connectivity index (χ0n) is 16.9. The highest BCUT2D eigenvalue weighted by Crippen LogP contribution is 2.42. The molecule has 158 valence electrons. The largest absolute Gasteiger partial charge is 0.465 e. The molecule has 1 aliphatic heterocycles. The smallest absolute Gasteiger partial charge is 0.407 e. The van der Waals surface area contributed by atoms with Gasteiger partial charge in [0.15, 0.2) is 0 Å². The lowest BCUT2D eigenvalue weighted by Gasteiger charge is -2.34. The Balaban J connectivity index is 1.79. The maximum absolute atomic E-state index is 14.0. The lowest BCUT2D eigenvalue weighted by Crippen LogP contribution is -2.39. The van der Waals surface area contributed by atoms with Gasteiger partial charge in [-0.1, -0.05) is 13.8 Å². The molecule has 30 heavy (non-hydrogen) atoms. The van der Waals surface area contributed by atoms with Gasteiger partial charge in [-0.25, -0.2) is 19.0 Å². The van der Waals surface area contributed by atoms with Crippen LogP contribution in [0, 0.1) is 11.7 Å². The first-order chi connectivity index (χ1) is 14.3. The molecule has 0 radical (unpaired) electrons. The molecule has 1 aliphatic rings. The molecule has 3 aromatic rings. The molecule has 4 rings (SSSR count). The van der Waals surface area contributed by atoms with Crippen molar-refractivity contribution in [3.8, 4) is 10.7 Å². The highest BCUT2D eigenvalue weighted by atomic mass is 32.1. The van der Waals surface area contributed by atoms with E-state index in [4.69, 9.17) is 4.74 Å². The fraction of sp³-hybridized carbons (Fsp3) is 0.381. The molecule has 1 aromatic carbocycles. The molecular weight excluding hydrogens is 409 g/mol. The predicted molar refractivity (Wildman–Crippen MR) is 111 cm³/mol. The van der Waals surface area contributed by atoms with Crippen LogP contribution in [0.3, 0.4) is 0 Å². The SMILES string of the molecule is COC(=O)c1cc(F)cc2[nH]c(-c3cc4c(s3)C(CC(C)C)N(C(=O)O)CC4)nc12. The number of hydrogen-bond acceptors (Lipinski definition) is 5. The molecule has 0 fully saturated rings. The summed E-state index contributed by atoms with van der Waals surface area (Å²) in [6.45, 7) is 4.60. The standard InChI is InChI=1S/C21H22FN3O4S/c1-10(2)6-15-18-11(4-5-25(15)21(27)28)7-16(30-18)19-23-14-9-12(22)8-13(17(14)24-19)20(26)29-3/h7-10,15H,4-6H2,1-3H3,(H,23,24)(H,27,28). The van der Waals surface area contributed by atoms with E-state index < -0.39 is 17.9 Å². The third kappa shape index (κ3) is 3.54. The van der Waals surface area contributed by atoms with Gasteiger partial charge in [0.25, 0.3) is 0 Å². The van der Waals surface area contributed by atoms with Crippen molar-refractivity contribution in [3.05, 3.63) is 40.0 Å². The molecule has 0 saturated carbocycles. The third-order valence-electron chi connectivity index (χ3n) is 5.27. The number of fused-ring (bicyclic) bond motifs is 2. The number of aromatic amines is 1. The number of hydrogen-bond donors (Lipinski definition) is 2. The quantitative estimate of drug-likeness (QED) is 0.576. The first-order valence-corrected chi connectivity index (χ1v) is 10.5. The fourth-order valence-electron chi connectivity index (χ4n) is 3.95. The number of thiophene rings is 1. The van der Waals surface area contributed by atoms with Crippen LogP contribution in [-0.2, 0) is 11.2 Å². The lowest BCUT2D eigenvalue weighted by atomic mass is 9.94. The molecule has 2 N–H and O–H groups in total. The van der Waals surface area contributed by atoms with Gasteiger partial charge in [-0.3, -0.25) is 0 Å². The van der Waals surface area contributed by atoms with Crippen LogP contribution in [0.5, 0.6) is 0 Å². The zero-order valence-corrected chi connectivity index (χ0v) is 17.7. The van der Waals surface area contributed by atoms with Crippen molar-refractivity contribution >= 4 is 34.4 Å². The molecule has 0 spiro atoms. The van der Waals surface area contributed by atoms with Crippen LogP contribution in [0.1, 0.15) is 47.1 Å². The minimum Gasteiger partial charge on any atom is -0.465 e. The molecule has 1 unspecified atom stereocenters. The second-order valence-electron chi connectivity index (χ2n) is 7.80. The number of imidazole rings is 1. The molecule has 9 heteroatoms. The molecule has 0 aliphatic carbocycles. The van der Waals surface area contributed by atoms with Crippen molar-refractivity contribution in [1.82, 2.24) is 14.9 Å². The number of amides is 1. The van der Waals surface area contributed by atoms with Crippen LogP contribution in [0.2, 0.25) is 0 Å². The summed E-state index contributed by atoms with van der Waals surface area (Å²) < 4.78 is 18.7. The van der Waals surface area contributed by atoms with E-state index in [1.165, 1.54) is 29.4 Å². The van der Waals surface area contributed by atoms with Gasteiger partial charge in [-0.15, -0.1) is 11.3 Å². The van der Waals surface area contributed by atoms with Crippen molar-refractivity contribution in [3.63, 3.8) is 0 Å². The lowest BCUT2D eigenvalue weighted by molar-refractivity contribution is 0.0602. The highest BCUT2D eigenvalue weighted by Gasteiger charge is 2.33. The number of rotatable bonds is 4. The van der Waals surface area contributed by atoms with Crippen molar-refractivity contribution in [2.75, 3.05) is 13.7 Å². The molecule has 7 nitrogen and oxygen atoms in total. The maximum Gasteiger partial charge on any atom is 0.407 e. The topological polar surface area (TPSA) is 95.5 Å². The molecule has 0 bridgehead atoms. The average Bonchev–Trinajstić information content (AvgIpc) is 3.30. The summed E-state index contributed by atoms with van der Waals surface area (Å²) in [7, 11) is 1.24. The highest BCUT2D eigenvalue weighted by molar-refractivity contribution is 7.15. The Bertz CT molecular complexity index is 1140. The number of carbonyl (C=O) groups excluding carboxylic acids is 1. The fourth-order valence-corrected chi connectivity index (χ4v) is 5.23. The summed E-state index contributed by atoms with van der Waals surface area (Å²) in [5, 5.41) is 9.63. The van der Waals surface area contributed by atoms with Crippen LogP contribution in [-0.4, -0.2) is 45.7 Å². The van der Waals surface area contributed by atoms with E-state index in [0.29, 0.717) is 35.7 Å². The van der Waals surface area contributed by atoms with Gasteiger partial charge < -0.3 is 19.7 Å². The Morgan fingerprint density at radius 3 is 2.83 bits per heavy atom. The minimum absolute atomic E-state index is 0.0612. The monoisotopic (exact) mass is 431 g/mol. The number of halogens is 1. The number of ether oxygens (including phenoxy) is 1. The van der Waals surface area contributed by atoms with E-state index in [9.17, 15) is 19.1 Å². The van der Waals surface area contributed by atoms with Crippen LogP contribution < -0.4 is 0 Å². The second kappa shape index (κ2) is 7.71. The first kappa shape index (κ1) is 20.3.